The van der Waals surface area contributed by atoms with Gasteiger partial charge in [-0.25, -0.2) is 0 Å². The van der Waals surface area contributed by atoms with Crippen molar-refractivity contribution in [3.63, 3.8) is 0 Å². The zero-order chi connectivity index (χ0) is 12.7. The molecule has 0 saturated heterocycles. The zero-order valence-electron chi connectivity index (χ0n) is 10.8. The molecule has 0 aliphatic heterocycles. The van der Waals surface area contributed by atoms with E-state index in [0.29, 0.717) is 6.54 Å². The fourth-order valence-corrected chi connectivity index (χ4v) is 1.71. The molecule has 1 unspecified atom stereocenters. The average Bonchev–Trinajstić information content (AvgIpc) is 2.29. The molecule has 4 nitrogen and oxygen atoms in total. The van der Waals surface area contributed by atoms with Crippen LogP contribution in [-0.4, -0.2) is 47.2 Å². The third-order valence-corrected chi connectivity index (χ3v) is 3.21. The lowest BCUT2D eigenvalue weighted by Gasteiger charge is -2.31. The number of aliphatic hydroxyl groups excluding tert-OH is 3. The number of aliphatic hydroxyl groups is 3. The van der Waals surface area contributed by atoms with E-state index in [0.717, 1.165) is 19.3 Å². The summed E-state index contributed by atoms with van der Waals surface area (Å²) in [5, 5.41) is 30.7. The van der Waals surface area contributed by atoms with E-state index in [1.165, 1.54) is 0 Å². The van der Waals surface area contributed by atoms with Crippen LogP contribution < -0.4 is 5.32 Å². The Kier molecular flexibility index (Phi) is 7.15. The SMILES string of the molecule is CCCC(C)(CO)CCNC(C)(CO)CO. The second kappa shape index (κ2) is 7.22. The third kappa shape index (κ3) is 5.25. The zero-order valence-corrected chi connectivity index (χ0v) is 10.8. The summed E-state index contributed by atoms with van der Waals surface area (Å²) in [6.45, 7) is 6.63. The highest BCUT2D eigenvalue weighted by Gasteiger charge is 2.25. The lowest BCUT2D eigenvalue weighted by molar-refractivity contribution is 0.0880. The Morgan fingerprint density at radius 2 is 1.50 bits per heavy atom. The van der Waals surface area contributed by atoms with Crippen LogP contribution in [0, 0.1) is 5.41 Å². The highest BCUT2D eigenvalue weighted by molar-refractivity contribution is 4.83. The van der Waals surface area contributed by atoms with E-state index in [1.807, 2.05) is 0 Å². The maximum absolute atomic E-state index is 9.33. The van der Waals surface area contributed by atoms with Gasteiger partial charge in [0.2, 0.25) is 0 Å². The van der Waals surface area contributed by atoms with Gasteiger partial charge in [-0.05, 0) is 31.7 Å². The van der Waals surface area contributed by atoms with E-state index in [2.05, 4.69) is 19.2 Å². The maximum atomic E-state index is 9.33. The minimum atomic E-state index is -0.622. The Bertz CT molecular complexity index is 183. The summed E-state index contributed by atoms with van der Waals surface area (Å²) in [6.07, 6.45) is 2.88. The topological polar surface area (TPSA) is 72.7 Å². The summed E-state index contributed by atoms with van der Waals surface area (Å²) in [7, 11) is 0. The van der Waals surface area contributed by atoms with Gasteiger partial charge in [0.25, 0.3) is 0 Å². The average molecular weight is 233 g/mol. The molecule has 0 rings (SSSR count). The Balaban J connectivity index is 4.03. The predicted molar refractivity (Wildman–Crippen MR) is 65.3 cm³/mol. The molecule has 0 aliphatic carbocycles. The third-order valence-electron chi connectivity index (χ3n) is 3.21. The van der Waals surface area contributed by atoms with Crippen LogP contribution in [0.2, 0.25) is 0 Å². The van der Waals surface area contributed by atoms with E-state index in [1.54, 1.807) is 6.92 Å². The van der Waals surface area contributed by atoms with Crippen molar-refractivity contribution in [1.82, 2.24) is 5.32 Å². The van der Waals surface area contributed by atoms with Crippen molar-refractivity contribution < 1.29 is 15.3 Å². The summed E-state index contributed by atoms with van der Waals surface area (Å²) in [6, 6.07) is 0. The summed E-state index contributed by atoms with van der Waals surface area (Å²) >= 11 is 0. The highest BCUT2D eigenvalue weighted by atomic mass is 16.3. The van der Waals surface area contributed by atoms with Crippen LogP contribution in [0.3, 0.4) is 0 Å². The second-order valence-corrected chi connectivity index (χ2v) is 5.27. The van der Waals surface area contributed by atoms with Crippen molar-refractivity contribution in [2.24, 2.45) is 5.41 Å². The lowest BCUT2D eigenvalue weighted by atomic mass is 9.83. The molecule has 0 aromatic carbocycles. The van der Waals surface area contributed by atoms with Gasteiger partial charge in [-0.15, -0.1) is 0 Å². The van der Waals surface area contributed by atoms with Gasteiger partial charge in [-0.2, -0.15) is 0 Å². The Morgan fingerprint density at radius 1 is 0.938 bits per heavy atom. The van der Waals surface area contributed by atoms with Crippen LogP contribution in [0.5, 0.6) is 0 Å². The fourth-order valence-electron chi connectivity index (χ4n) is 1.71. The van der Waals surface area contributed by atoms with Crippen LogP contribution in [0.1, 0.15) is 40.0 Å². The molecule has 4 heteroatoms. The molecule has 16 heavy (non-hydrogen) atoms. The molecule has 1 atom stereocenters. The standard InChI is InChI=1S/C12H27NO3/c1-4-5-11(2,8-14)6-7-13-12(3,9-15)10-16/h13-16H,4-10H2,1-3H3. The van der Waals surface area contributed by atoms with Gasteiger partial charge in [-0.1, -0.05) is 20.3 Å². The molecule has 0 aliphatic rings. The second-order valence-electron chi connectivity index (χ2n) is 5.27. The molecule has 4 N–H and O–H groups in total. The predicted octanol–water partition coefficient (Wildman–Crippen LogP) is 0.508. The molecule has 98 valence electrons. The van der Waals surface area contributed by atoms with Crippen molar-refractivity contribution in [2.75, 3.05) is 26.4 Å². The molecule has 0 heterocycles. The van der Waals surface area contributed by atoms with Gasteiger partial charge in [0.15, 0.2) is 0 Å². The first-order valence-corrected chi connectivity index (χ1v) is 6.03. The van der Waals surface area contributed by atoms with Gasteiger partial charge in [0.05, 0.1) is 18.8 Å². The first kappa shape index (κ1) is 15.8. The maximum Gasteiger partial charge on any atom is 0.0633 e. The van der Waals surface area contributed by atoms with Crippen molar-refractivity contribution in [3.05, 3.63) is 0 Å². The van der Waals surface area contributed by atoms with Gasteiger partial charge < -0.3 is 20.6 Å². The smallest absolute Gasteiger partial charge is 0.0633 e. The van der Waals surface area contributed by atoms with Crippen LogP contribution >= 0.6 is 0 Å². The van der Waals surface area contributed by atoms with E-state index < -0.39 is 5.54 Å². The quantitative estimate of drug-likeness (QED) is 0.468. The van der Waals surface area contributed by atoms with Crippen LogP contribution in [0.15, 0.2) is 0 Å². The fraction of sp³-hybridized carbons (Fsp3) is 1.00. The summed E-state index contributed by atoms with van der Waals surface area (Å²) in [5.74, 6) is 0. The first-order valence-electron chi connectivity index (χ1n) is 6.03. The molecular weight excluding hydrogens is 206 g/mol. The first-order chi connectivity index (χ1) is 7.45. The molecule has 0 amide bonds. The van der Waals surface area contributed by atoms with Crippen LogP contribution in [0.4, 0.5) is 0 Å². The van der Waals surface area contributed by atoms with E-state index in [4.69, 9.17) is 10.2 Å². The largest absolute Gasteiger partial charge is 0.396 e. The summed E-state index contributed by atoms with van der Waals surface area (Å²) in [5.41, 5.74) is -0.684. The normalized spacial score (nSPS) is 16.1. The molecule has 0 aromatic heterocycles. The van der Waals surface area contributed by atoms with Gasteiger partial charge in [-0.3, -0.25) is 0 Å². The summed E-state index contributed by atoms with van der Waals surface area (Å²) < 4.78 is 0. The molecule has 0 aromatic rings. The lowest BCUT2D eigenvalue weighted by Crippen LogP contribution is -2.50. The van der Waals surface area contributed by atoms with Gasteiger partial charge in [0.1, 0.15) is 0 Å². The molecular formula is C12H27NO3. The van der Waals surface area contributed by atoms with Crippen molar-refractivity contribution in [2.45, 2.75) is 45.6 Å². The molecule has 0 saturated carbocycles. The van der Waals surface area contributed by atoms with Gasteiger partial charge >= 0.3 is 0 Å². The molecule has 0 bridgehead atoms. The molecule has 0 spiro atoms. The van der Waals surface area contributed by atoms with E-state index >= 15 is 0 Å². The summed E-state index contributed by atoms with van der Waals surface area (Å²) in [4.78, 5) is 0. The van der Waals surface area contributed by atoms with E-state index in [9.17, 15) is 5.11 Å². The number of rotatable bonds is 9. The monoisotopic (exact) mass is 233 g/mol. The minimum absolute atomic E-state index is 0.0619. The van der Waals surface area contributed by atoms with Crippen molar-refractivity contribution >= 4 is 0 Å². The molecule has 0 radical (unpaired) electrons. The number of nitrogens with one attached hydrogen (secondary N) is 1. The number of hydrogen-bond donors (Lipinski definition) is 4. The van der Waals surface area contributed by atoms with Crippen LogP contribution in [0.25, 0.3) is 0 Å². The number of hydrogen-bond acceptors (Lipinski definition) is 4. The Labute approximate surface area is 98.7 Å². The van der Waals surface area contributed by atoms with Gasteiger partial charge in [0, 0.05) is 6.61 Å². The van der Waals surface area contributed by atoms with Crippen LogP contribution in [-0.2, 0) is 0 Å². The van der Waals surface area contributed by atoms with E-state index in [-0.39, 0.29) is 25.2 Å². The Morgan fingerprint density at radius 3 is 1.88 bits per heavy atom. The molecule has 0 fully saturated rings. The minimum Gasteiger partial charge on any atom is -0.396 e. The van der Waals surface area contributed by atoms with Crippen molar-refractivity contribution in [3.8, 4) is 0 Å². The Hall–Kier alpha value is -0.160. The van der Waals surface area contributed by atoms with Crippen molar-refractivity contribution in [1.29, 1.82) is 0 Å². The highest BCUT2D eigenvalue weighted by Crippen LogP contribution is 2.26.